The van der Waals surface area contributed by atoms with Crippen LogP contribution in [0.15, 0.2) is 46.4 Å². The van der Waals surface area contributed by atoms with Crippen molar-refractivity contribution < 1.29 is 19.0 Å². The van der Waals surface area contributed by atoms with Crippen molar-refractivity contribution in [3.05, 3.63) is 63.2 Å². The lowest BCUT2D eigenvalue weighted by Gasteiger charge is -2.37. The maximum absolute atomic E-state index is 12.3. The van der Waals surface area contributed by atoms with Gasteiger partial charge in [0.25, 0.3) is 5.56 Å². The third-order valence-electron chi connectivity index (χ3n) is 5.46. The molecule has 10 nitrogen and oxygen atoms in total. The number of fused-ring (bicyclic) bond motifs is 1. The van der Waals surface area contributed by atoms with Crippen molar-refractivity contribution in [2.45, 2.75) is 56.8 Å². The van der Waals surface area contributed by atoms with Crippen molar-refractivity contribution in [1.29, 1.82) is 0 Å². The van der Waals surface area contributed by atoms with Gasteiger partial charge in [-0.15, -0.1) is 0 Å². The van der Waals surface area contributed by atoms with E-state index in [1.807, 2.05) is 12.1 Å². The molecule has 0 aromatic carbocycles. The van der Waals surface area contributed by atoms with Crippen LogP contribution in [0.4, 0.5) is 0 Å². The van der Waals surface area contributed by atoms with Crippen molar-refractivity contribution in [2.75, 3.05) is 13.2 Å². The Labute approximate surface area is 178 Å². The van der Waals surface area contributed by atoms with E-state index in [1.54, 1.807) is 26.2 Å². The summed E-state index contributed by atoms with van der Waals surface area (Å²) in [5.74, 6) is -0.962. The van der Waals surface area contributed by atoms with Crippen molar-refractivity contribution in [3.63, 3.8) is 0 Å². The van der Waals surface area contributed by atoms with E-state index in [2.05, 4.69) is 15.3 Å². The molecule has 2 fully saturated rings. The van der Waals surface area contributed by atoms with Crippen molar-refractivity contribution in [2.24, 2.45) is 0 Å². The molecule has 31 heavy (non-hydrogen) atoms. The Kier molecular flexibility index (Phi) is 6.03. The lowest BCUT2D eigenvalue weighted by atomic mass is 9.97. The zero-order valence-corrected chi connectivity index (χ0v) is 17.4. The summed E-state index contributed by atoms with van der Waals surface area (Å²) in [7, 11) is 0. The number of aromatic amines is 1. The van der Waals surface area contributed by atoms with E-state index < -0.39 is 41.4 Å². The molecule has 4 atom stereocenters. The zero-order chi connectivity index (χ0) is 22.0. The van der Waals surface area contributed by atoms with E-state index in [0.29, 0.717) is 12.8 Å². The molecule has 10 heteroatoms. The predicted octanol–water partition coefficient (Wildman–Crippen LogP) is 0.141. The summed E-state index contributed by atoms with van der Waals surface area (Å²) in [6.07, 6.45) is 4.43. The van der Waals surface area contributed by atoms with E-state index in [1.165, 1.54) is 16.8 Å². The van der Waals surface area contributed by atoms with Gasteiger partial charge in [0.1, 0.15) is 18.3 Å². The van der Waals surface area contributed by atoms with Gasteiger partial charge in [0.05, 0.1) is 12.6 Å². The lowest BCUT2D eigenvalue weighted by Crippen LogP contribution is -2.54. The summed E-state index contributed by atoms with van der Waals surface area (Å²) in [6.45, 7) is 4.03. The SMILES string of the molecule is CC1(C)O[C@@H]2[C@H](O1)[C@@H](CNC(=O)CCc1cccnc1)OC[C@H]2n1ccc(=O)[nH]c1=O. The molecule has 2 aromatic rings. The third-order valence-corrected chi connectivity index (χ3v) is 5.46. The fourth-order valence-electron chi connectivity index (χ4n) is 4.02. The van der Waals surface area contributed by atoms with Gasteiger partial charge in [0, 0.05) is 37.6 Å². The van der Waals surface area contributed by atoms with Gasteiger partial charge >= 0.3 is 5.69 Å². The van der Waals surface area contributed by atoms with Crippen molar-refractivity contribution in [1.82, 2.24) is 19.9 Å². The van der Waals surface area contributed by atoms with Crippen LogP contribution in [0.1, 0.15) is 31.9 Å². The Bertz CT molecular complexity index is 1030. The van der Waals surface area contributed by atoms with Crippen molar-refractivity contribution >= 4 is 5.91 Å². The topological polar surface area (TPSA) is 125 Å². The molecule has 4 heterocycles. The van der Waals surface area contributed by atoms with E-state index in [0.717, 1.165) is 5.56 Å². The Morgan fingerprint density at radius 3 is 2.84 bits per heavy atom. The average molecular weight is 430 g/mol. The summed E-state index contributed by atoms with van der Waals surface area (Å²) in [6, 6.07) is 4.59. The summed E-state index contributed by atoms with van der Waals surface area (Å²) >= 11 is 0. The van der Waals surface area contributed by atoms with Crippen LogP contribution in [0.25, 0.3) is 0 Å². The molecule has 2 aromatic heterocycles. The van der Waals surface area contributed by atoms with Gasteiger partial charge in [-0.2, -0.15) is 0 Å². The number of aryl methyl sites for hydroxylation is 1. The van der Waals surface area contributed by atoms with Gasteiger partial charge in [-0.3, -0.25) is 24.1 Å². The second kappa shape index (κ2) is 8.74. The monoisotopic (exact) mass is 430 g/mol. The number of amides is 1. The standard InChI is InChI=1S/C21H26N4O6/c1-21(2)30-18-14(25-9-7-17(27)24-20(25)28)12-29-15(19(18)31-21)11-23-16(26)6-5-13-4-3-8-22-10-13/h3-4,7-10,14-15,18-19H,5-6,11-12H2,1-2H3,(H,23,26)(H,24,27,28)/t14-,15-,18+,19-/m1/s1. The number of carbonyl (C=O) groups is 1. The molecule has 0 bridgehead atoms. The van der Waals surface area contributed by atoms with E-state index in [9.17, 15) is 14.4 Å². The minimum Gasteiger partial charge on any atom is -0.371 e. The highest BCUT2D eigenvalue weighted by atomic mass is 16.8. The molecule has 4 rings (SSSR count). The number of hydrogen-bond acceptors (Lipinski definition) is 7. The first-order valence-electron chi connectivity index (χ1n) is 10.3. The second-order valence-electron chi connectivity index (χ2n) is 8.19. The van der Waals surface area contributed by atoms with Gasteiger partial charge in [-0.1, -0.05) is 6.07 Å². The quantitative estimate of drug-likeness (QED) is 0.668. The first-order chi connectivity index (χ1) is 14.8. The largest absolute Gasteiger partial charge is 0.371 e. The lowest BCUT2D eigenvalue weighted by molar-refractivity contribution is -0.153. The summed E-state index contributed by atoms with van der Waals surface area (Å²) in [4.78, 5) is 42.3. The molecule has 166 valence electrons. The summed E-state index contributed by atoms with van der Waals surface area (Å²) in [5.41, 5.74) is -0.00396. The maximum Gasteiger partial charge on any atom is 0.328 e. The number of ether oxygens (including phenoxy) is 3. The molecule has 2 N–H and O–H groups in total. The number of rotatable bonds is 6. The molecule has 0 unspecified atom stereocenters. The molecular weight excluding hydrogens is 404 g/mol. The van der Waals surface area contributed by atoms with Crippen LogP contribution >= 0.6 is 0 Å². The van der Waals surface area contributed by atoms with Crippen LogP contribution in [-0.4, -0.2) is 57.7 Å². The molecular formula is C21H26N4O6. The van der Waals surface area contributed by atoms with Crippen LogP contribution < -0.4 is 16.6 Å². The van der Waals surface area contributed by atoms with E-state index >= 15 is 0 Å². The third kappa shape index (κ3) is 4.92. The van der Waals surface area contributed by atoms with Crippen LogP contribution in [0.2, 0.25) is 0 Å². The average Bonchev–Trinajstić information content (AvgIpc) is 3.07. The number of hydrogen-bond donors (Lipinski definition) is 2. The number of pyridine rings is 1. The predicted molar refractivity (Wildman–Crippen MR) is 109 cm³/mol. The van der Waals surface area contributed by atoms with Crippen LogP contribution in [0.5, 0.6) is 0 Å². The number of nitrogens with one attached hydrogen (secondary N) is 2. The molecule has 2 aliphatic heterocycles. The van der Waals surface area contributed by atoms with Gasteiger partial charge in [-0.25, -0.2) is 4.79 Å². The van der Waals surface area contributed by atoms with Gasteiger partial charge in [0.2, 0.25) is 5.91 Å². The van der Waals surface area contributed by atoms with E-state index in [4.69, 9.17) is 14.2 Å². The van der Waals surface area contributed by atoms with Gasteiger partial charge in [-0.05, 0) is 31.9 Å². The minimum atomic E-state index is -0.865. The molecule has 1 amide bonds. The summed E-state index contributed by atoms with van der Waals surface area (Å²) < 4.78 is 19.5. The second-order valence-corrected chi connectivity index (χ2v) is 8.19. The van der Waals surface area contributed by atoms with Crippen LogP contribution in [0.3, 0.4) is 0 Å². The smallest absolute Gasteiger partial charge is 0.328 e. The molecule has 0 saturated carbocycles. The van der Waals surface area contributed by atoms with E-state index in [-0.39, 0.29) is 19.1 Å². The Hall–Kier alpha value is -2.82. The van der Waals surface area contributed by atoms with Crippen LogP contribution in [-0.2, 0) is 25.4 Å². The maximum atomic E-state index is 12.3. The van der Waals surface area contributed by atoms with Gasteiger partial charge < -0.3 is 19.5 Å². The van der Waals surface area contributed by atoms with Crippen molar-refractivity contribution in [3.8, 4) is 0 Å². The highest BCUT2D eigenvalue weighted by Crippen LogP contribution is 2.39. The summed E-state index contributed by atoms with van der Waals surface area (Å²) in [5, 5.41) is 2.90. The Morgan fingerprint density at radius 1 is 1.29 bits per heavy atom. The number of carbonyl (C=O) groups excluding carboxylic acids is 1. The highest BCUT2D eigenvalue weighted by Gasteiger charge is 2.52. The Morgan fingerprint density at radius 2 is 2.10 bits per heavy atom. The number of aromatic nitrogens is 3. The first kappa shape index (κ1) is 21.4. The highest BCUT2D eigenvalue weighted by molar-refractivity contribution is 5.76. The molecule has 0 aliphatic carbocycles. The zero-order valence-electron chi connectivity index (χ0n) is 17.4. The molecule has 2 aliphatic rings. The first-order valence-corrected chi connectivity index (χ1v) is 10.3. The van der Waals surface area contributed by atoms with Gasteiger partial charge in [0.15, 0.2) is 5.79 Å². The number of H-pyrrole nitrogens is 1. The molecule has 0 radical (unpaired) electrons. The number of nitrogens with zero attached hydrogens (tertiary/aromatic N) is 2. The minimum absolute atomic E-state index is 0.0962. The normalized spacial score (nSPS) is 26.9. The fourth-order valence-corrected chi connectivity index (χ4v) is 4.02. The molecule has 2 saturated heterocycles. The fraction of sp³-hybridized carbons (Fsp3) is 0.524. The Balaban J connectivity index is 1.40. The molecule has 0 spiro atoms. The van der Waals surface area contributed by atoms with Crippen LogP contribution in [0, 0.1) is 0 Å².